The minimum absolute atomic E-state index is 0.224. The molecule has 0 bridgehead atoms. The molecule has 0 saturated carbocycles. The third-order valence-corrected chi connectivity index (χ3v) is 4.66. The lowest BCUT2D eigenvalue weighted by Crippen LogP contribution is -2.49. The third-order valence-electron chi connectivity index (χ3n) is 4.66. The van der Waals surface area contributed by atoms with E-state index in [2.05, 4.69) is 10.4 Å². The van der Waals surface area contributed by atoms with Gasteiger partial charge in [-0.2, -0.15) is 5.10 Å². The molecule has 0 spiro atoms. The molecule has 0 fully saturated rings. The van der Waals surface area contributed by atoms with Gasteiger partial charge < -0.3 is 14.8 Å². The average molecular weight is 391 g/mol. The highest BCUT2D eigenvalue weighted by atomic mass is 16.6. The molecule has 1 aliphatic heterocycles. The molecule has 0 radical (unpaired) electrons. The van der Waals surface area contributed by atoms with Crippen molar-refractivity contribution >= 4 is 5.91 Å². The van der Waals surface area contributed by atoms with Gasteiger partial charge in [-0.25, -0.2) is 4.68 Å². The summed E-state index contributed by atoms with van der Waals surface area (Å²) in [5, 5.41) is 7.20. The van der Waals surface area contributed by atoms with E-state index >= 15 is 0 Å². The highest BCUT2D eigenvalue weighted by molar-refractivity contribution is 5.82. The second kappa shape index (κ2) is 8.18. The quantitative estimate of drug-likeness (QED) is 0.721. The minimum atomic E-state index is -0.759. The second-order valence-corrected chi connectivity index (χ2v) is 6.75. The van der Waals surface area contributed by atoms with Crippen LogP contribution in [-0.2, 0) is 11.3 Å². The van der Waals surface area contributed by atoms with Gasteiger partial charge in [-0.3, -0.25) is 9.59 Å². The van der Waals surface area contributed by atoms with Crippen molar-refractivity contribution in [3.05, 3.63) is 77.1 Å². The number of carbonyl (C=O) groups excluding carboxylic acids is 1. The smallest absolute Gasteiger partial charge is 0.266 e. The number of ether oxygens (including phenoxy) is 2. The zero-order chi connectivity index (χ0) is 20.2. The Kier molecular flexibility index (Phi) is 5.29. The Morgan fingerprint density at radius 1 is 1.00 bits per heavy atom. The minimum Gasteiger partial charge on any atom is -0.482 e. The second-order valence-electron chi connectivity index (χ2n) is 6.75. The summed E-state index contributed by atoms with van der Waals surface area (Å²) in [6.07, 6.45) is -1.18. The van der Waals surface area contributed by atoms with E-state index in [1.807, 2.05) is 42.5 Å². The normalized spacial score (nSPS) is 17.6. The van der Waals surface area contributed by atoms with Gasteiger partial charge in [0.1, 0.15) is 6.10 Å². The van der Waals surface area contributed by atoms with Crippen molar-refractivity contribution in [2.24, 2.45) is 0 Å². The number of carbonyl (C=O) groups is 1. The molecule has 1 aliphatic rings. The Balaban J connectivity index is 1.39. The zero-order valence-corrected chi connectivity index (χ0v) is 15.9. The van der Waals surface area contributed by atoms with Crippen molar-refractivity contribution < 1.29 is 14.3 Å². The van der Waals surface area contributed by atoms with Crippen LogP contribution in [0.25, 0.3) is 11.3 Å². The summed E-state index contributed by atoms with van der Waals surface area (Å²) in [6.45, 7) is 2.29. The molecule has 29 heavy (non-hydrogen) atoms. The molecule has 2 atom stereocenters. The fourth-order valence-corrected chi connectivity index (χ4v) is 3.16. The van der Waals surface area contributed by atoms with Crippen LogP contribution in [0.1, 0.15) is 6.92 Å². The average Bonchev–Trinajstić information content (AvgIpc) is 2.75. The van der Waals surface area contributed by atoms with Crippen LogP contribution in [0.5, 0.6) is 11.5 Å². The monoisotopic (exact) mass is 391 g/mol. The molecule has 4 rings (SSSR count). The summed E-state index contributed by atoms with van der Waals surface area (Å²) in [6, 6.07) is 20.0. The van der Waals surface area contributed by atoms with Gasteiger partial charge in [-0.1, -0.05) is 42.5 Å². The molecule has 0 unspecified atom stereocenters. The lowest BCUT2D eigenvalue weighted by molar-refractivity contribution is -0.133. The van der Waals surface area contributed by atoms with Crippen LogP contribution < -0.4 is 20.3 Å². The molecule has 1 aromatic heterocycles. The van der Waals surface area contributed by atoms with Gasteiger partial charge in [0.2, 0.25) is 6.10 Å². The summed E-state index contributed by atoms with van der Waals surface area (Å²) in [5.74, 6) is 0.871. The van der Waals surface area contributed by atoms with Gasteiger partial charge in [0.15, 0.2) is 11.5 Å². The van der Waals surface area contributed by atoms with Crippen LogP contribution in [0.4, 0.5) is 0 Å². The molecule has 0 saturated heterocycles. The predicted molar refractivity (Wildman–Crippen MR) is 108 cm³/mol. The number of amides is 1. The van der Waals surface area contributed by atoms with Crippen LogP contribution in [0.2, 0.25) is 0 Å². The number of aromatic nitrogens is 2. The van der Waals surface area contributed by atoms with Crippen molar-refractivity contribution in [2.75, 3.05) is 6.54 Å². The molecule has 2 heterocycles. The molecule has 7 nitrogen and oxygen atoms in total. The molecule has 1 amide bonds. The Morgan fingerprint density at radius 3 is 2.45 bits per heavy atom. The van der Waals surface area contributed by atoms with E-state index in [0.29, 0.717) is 17.2 Å². The van der Waals surface area contributed by atoms with Crippen LogP contribution in [0, 0.1) is 0 Å². The fourth-order valence-electron chi connectivity index (χ4n) is 3.16. The summed E-state index contributed by atoms with van der Waals surface area (Å²) < 4.78 is 12.9. The van der Waals surface area contributed by atoms with E-state index < -0.39 is 12.2 Å². The number of benzene rings is 2. The van der Waals surface area contributed by atoms with Gasteiger partial charge in [-0.05, 0) is 25.1 Å². The van der Waals surface area contributed by atoms with Crippen molar-refractivity contribution in [3.63, 3.8) is 0 Å². The van der Waals surface area contributed by atoms with Gasteiger partial charge in [0, 0.05) is 18.2 Å². The third kappa shape index (κ3) is 4.13. The highest BCUT2D eigenvalue weighted by Crippen LogP contribution is 2.33. The maximum atomic E-state index is 12.6. The van der Waals surface area contributed by atoms with Crippen LogP contribution >= 0.6 is 0 Å². The largest absolute Gasteiger partial charge is 0.482 e. The fraction of sp³-hybridized carbons (Fsp3) is 0.227. The van der Waals surface area contributed by atoms with E-state index in [1.165, 1.54) is 10.7 Å². The molecule has 2 aromatic carbocycles. The standard InChI is InChI=1S/C22H21N3O4/c1-15-21(29-19-10-6-5-9-18(19)28-15)22(27)23-13-14-25-20(26)12-11-17(24-25)16-7-3-2-4-8-16/h2-12,15,21H,13-14H2,1H3,(H,23,27)/t15-,21-/m0/s1. The maximum Gasteiger partial charge on any atom is 0.266 e. The van der Waals surface area contributed by atoms with Gasteiger partial charge in [-0.15, -0.1) is 0 Å². The Labute approximate surface area is 167 Å². The summed E-state index contributed by atoms with van der Waals surface area (Å²) >= 11 is 0. The van der Waals surface area contributed by atoms with Crippen LogP contribution in [0.15, 0.2) is 71.5 Å². The van der Waals surface area contributed by atoms with E-state index in [9.17, 15) is 9.59 Å². The first-order valence-corrected chi connectivity index (χ1v) is 9.45. The summed E-state index contributed by atoms with van der Waals surface area (Å²) in [5.41, 5.74) is 1.40. The number of para-hydroxylation sites is 2. The van der Waals surface area contributed by atoms with Crippen LogP contribution in [-0.4, -0.2) is 34.4 Å². The maximum absolute atomic E-state index is 12.6. The number of rotatable bonds is 5. The predicted octanol–water partition coefficient (Wildman–Crippen LogP) is 2.25. The number of nitrogens with one attached hydrogen (secondary N) is 1. The Morgan fingerprint density at radius 2 is 1.69 bits per heavy atom. The molecule has 148 valence electrons. The first-order chi connectivity index (χ1) is 14.1. The van der Waals surface area contributed by atoms with Gasteiger partial charge >= 0.3 is 0 Å². The number of nitrogens with zero attached hydrogens (tertiary/aromatic N) is 2. The van der Waals surface area contributed by atoms with E-state index in [-0.39, 0.29) is 24.6 Å². The first-order valence-electron chi connectivity index (χ1n) is 9.45. The molecule has 0 aliphatic carbocycles. The van der Waals surface area contributed by atoms with E-state index in [4.69, 9.17) is 9.47 Å². The lowest BCUT2D eigenvalue weighted by atomic mass is 10.1. The topological polar surface area (TPSA) is 82.4 Å². The highest BCUT2D eigenvalue weighted by Gasteiger charge is 2.33. The van der Waals surface area contributed by atoms with Crippen molar-refractivity contribution in [2.45, 2.75) is 25.7 Å². The SMILES string of the molecule is C[C@@H]1Oc2ccccc2O[C@@H]1C(=O)NCCn1nc(-c2ccccc2)ccc1=O. The molecule has 1 N–H and O–H groups in total. The number of hydrogen-bond acceptors (Lipinski definition) is 5. The van der Waals surface area contributed by atoms with Gasteiger partial charge in [0.05, 0.1) is 12.2 Å². The van der Waals surface area contributed by atoms with E-state index in [0.717, 1.165) is 5.56 Å². The van der Waals surface area contributed by atoms with Crippen molar-refractivity contribution in [1.82, 2.24) is 15.1 Å². The molecular weight excluding hydrogens is 370 g/mol. The molecular formula is C22H21N3O4. The van der Waals surface area contributed by atoms with Crippen molar-refractivity contribution in [3.8, 4) is 22.8 Å². The first kappa shape index (κ1) is 18.7. The molecule has 3 aromatic rings. The zero-order valence-electron chi connectivity index (χ0n) is 15.9. The summed E-state index contributed by atoms with van der Waals surface area (Å²) in [4.78, 5) is 24.7. The molecule has 7 heteroatoms. The van der Waals surface area contributed by atoms with Crippen LogP contribution in [0.3, 0.4) is 0 Å². The van der Waals surface area contributed by atoms with Crippen molar-refractivity contribution in [1.29, 1.82) is 0 Å². The number of fused-ring (bicyclic) bond motifs is 1. The van der Waals surface area contributed by atoms with Gasteiger partial charge in [0.25, 0.3) is 11.5 Å². The Bertz CT molecular complexity index is 1060. The van der Waals surface area contributed by atoms with E-state index in [1.54, 1.807) is 25.1 Å². The Hall–Kier alpha value is -3.61. The summed E-state index contributed by atoms with van der Waals surface area (Å²) in [7, 11) is 0. The lowest BCUT2D eigenvalue weighted by Gasteiger charge is -2.31. The number of hydrogen-bond donors (Lipinski definition) is 1.